The Balaban J connectivity index is 2.49. The van der Waals surface area contributed by atoms with Gasteiger partial charge in [-0.3, -0.25) is 4.79 Å². The summed E-state index contributed by atoms with van der Waals surface area (Å²) in [4.78, 5) is 22.7. The first-order chi connectivity index (χ1) is 7.49. The minimum Gasteiger partial charge on any atom is -0.450 e. The number of fused-ring (bicyclic) bond motifs is 2. The number of ether oxygens (including phenoxy) is 1. The molecule has 0 atom stereocenters. The first kappa shape index (κ1) is 10.5. The van der Waals surface area contributed by atoms with Crippen LogP contribution in [-0.4, -0.2) is 5.97 Å². The number of rotatable bonds is 2. The van der Waals surface area contributed by atoms with Crippen molar-refractivity contribution in [3.8, 4) is 5.95 Å². The van der Waals surface area contributed by atoms with E-state index < -0.39 is 11.6 Å². The lowest BCUT2D eigenvalue weighted by molar-refractivity contribution is -0.139. The summed E-state index contributed by atoms with van der Waals surface area (Å²) < 4.78 is 14.8. The molecule has 0 aliphatic carbocycles. The summed E-state index contributed by atoms with van der Waals surface area (Å²) in [6, 6.07) is 1.44. The number of carbonyl (C=O) groups is 1. The Morgan fingerprint density at radius 1 is 1.44 bits per heavy atom. The average Bonchev–Trinajstić information content (AvgIpc) is 2.54. The zero-order valence-electron chi connectivity index (χ0n) is 8.90. The smallest absolute Gasteiger partial charge is 0.349 e. The second-order valence-electron chi connectivity index (χ2n) is 3.70. The lowest BCUT2D eigenvalue weighted by Gasteiger charge is -2.03. The molecule has 2 heterocycles. The molecule has 0 aromatic carbocycles. The second kappa shape index (κ2) is 3.52. The van der Waals surface area contributed by atoms with E-state index in [4.69, 9.17) is 13.6 Å². The van der Waals surface area contributed by atoms with Crippen molar-refractivity contribution < 1.29 is 18.4 Å². The lowest BCUT2D eigenvalue weighted by atomic mass is 10.2. The second-order valence-corrected chi connectivity index (χ2v) is 3.70. The van der Waals surface area contributed by atoms with Gasteiger partial charge in [0.05, 0.1) is 5.92 Å². The third kappa shape index (κ3) is 1.60. The van der Waals surface area contributed by atoms with Gasteiger partial charge < -0.3 is 13.6 Å². The van der Waals surface area contributed by atoms with Crippen molar-refractivity contribution in [1.29, 1.82) is 0 Å². The Kier molecular flexibility index (Phi) is 2.30. The highest BCUT2D eigenvalue weighted by atomic mass is 16.6. The summed E-state index contributed by atoms with van der Waals surface area (Å²) in [5, 5.41) is 0.249. The summed E-state index contributed by atoms with van der Waals surface area (Å²) in [6.45, 7) is 6.88. The molecule has 84 valence electrons. The van der Waals surface area contributed by atoms with E-state index in [0.717, 1.165) is 0 Å². The van der Waals surface area contributed by atoms with Gasteiger partial charge in [-0.25, -0.2) is 4.79 Å². The summed E-state index contributed by atoms with van der Waals surface area (Å²) >= 11 is 0. The van der Waals surface area contributed by atoms with Crippen molar-refractivity contribution >= 4 is 23.5 Å². The van der Waals surface area contributed by atoms with Gasteiger partial charge in [-0.05, 0) is 0 Å². The number of hydrogen-bond acceptors (Lipinski definition) is 5. The van der Waals surface area contributed by atoms with Crippen LogP contribution in [0.2, 0.25) is 0 Å². The SMILES string of the molecule is C=c1oc2cc1c(=O)oc2OC(=O)C(C)C. The van der Waals surface area contributed by atoms with Crippen LogP contribution in [0.4, 0.5) is 0 Å². The lowest BCUT2D eigenvalue weighted by Crippen LogP contribution is -2.15. The summed E-state index contributed by atoms with van der Waals surface area (Å²) in [5.41, 5.74) is -0.220. The predicted octanol–water partition coefficient (Wildman–Crippen LogP) is 1.08. The molecule has 0 saturated carbocycles. The molecule has 0 aliphatic rings. The standard InChI is InChI=1S/C11H10O5/c1-5(2)9(12)15-11-8-4-7(6(3)14-8)10(13)16-11/h4-5H,3H2,1-2H3. The zero-order chi connectivity index (χ0) is 11.9. The molecule has 0 radical (unpaired) electrons. The summed E-state index contributed by atoms with van der Waals surface area (Å²) in [6.07, 6.45) is 0. The zero-order valence-corrected chi connectivity index (χ0v) is 8.90. The number of carbonyl (C=O) groups excluding carboxylic acids is 1. The molecule has 16 heavy (non-hydrogen) atoms. The van der Waals surface area contributed by atoms with E-state index in [1.54, 1.807) is 13.8 Å². The van der Waals surface area contributed by atoms with Gasteiger partial charge in [0.2, 0.25) is 5.58 Å². The normalized spacial score (nSPS) is 11.2. The monoisotopic (exact) mass is 222 g/mol. The third-order valence-corrected chi connectivity index (χ3v) is 2.08. The fourth-order valence-electron chi connectivity index (χ4n) is 1.17. The minimum atomic E-state index is -0.627. The van der Waals surface area contributed by atoms with Crippen LogP contribution in [0.3, 0.4) is 0 Å². The van der Waals surface area contributed by atoms with Crippen LogP contribution in [0.5, 0.6) is 5.95 Å². The summed E-state index contributed by atoms with van der Waals surface area (Å²) in [7, 11) is 0. The fraction of sp³-hybridized carbons (Fsp3) is 0.273. The number of furan rings is 1. The van der Waals surface area contributed by atoms with Gasteiger partial charge >= 0.3 is 17.5 Å². The highest BCUT2D eigenvalue weighted by molar-refractivity contribution is 5.77. The Bertz CT molecular complexity index is 631. The quantitative estimate of drug-likeness (QED) is 0.711. The average molecular weight is 222 g/mol. The predicted molar refractivity (Wildman–Crippen MR) is 56.0 cm³/mol. The molecule has 0 saturated heterocycles. The van der Waals surface area contributed by atoms with E-state index in [9.17, 15) is 9.59 Å². The van der Waals surface area contributed by atoms with Crippen molar-refractivity contribution in [3.05, 3.63) is 21.9 Å². The molecule has 0 N–H and O–H groups in total. The van der Waals surface area contributed by atoms with Crippen molar-refractivity contribution in [2.75, 3.05) is 0 Å². The molecular formula is C11H10O5. The van der Waals surface area contributed by atoms with Crippen molar-refractivity contribution in [3.63, 3.8) is 0 Å². The van der Waals surface area contributed by atoms with Gasteiger partial charge in [0.15, 0.2) is 0 Å². The third-order valence-electron chi connectivity index (χ3n) is 2.08. The van der Waals surface area contributed by atoms with Crippen LogP contribution in [-0.2, 0) is 4.79 Å². The topological polar surface area (TPSA) is 69.7 Å². The van der Waals surface area contributed by atoms with Crippen molar-refractivity contribution in [1.82, 2.24) is 0 Å². The minimum absolute atomic E-state index is 0.202. The van der Waals surface area contributed by atoms with Crippen LogP contribution in [0.25, 0.3) is 17.5 Å². The van der Waals surface area contributed by atoms with Crippen LogP contribution < -0.4 is 15.8 Å². The highest BCUT2D eigenvalue weighted by Crippen LogP contribution is 2.20. The number of esters is 1. The molecule has 2 aromatic heterocycles. The Labute approximate surface area is 90.3 Å². The molecule has 0 aliphatic heterocycles. The van der Waals surface area contributed by atoms with E-state index in [2.05, 4.69) is 6.58 Å². The molecule has 0 spiro atoms. The van der Waals surface area contributed by atoms with Gasteiger partial charge in [0.1, 0.15) is 10.8 Å². The maximum Gasteiger partial charge on any atom is 0.349 e. The van der Waals surface area contributed by atoms with E-state index >= 15 is 0 Å². The largest absolute Gasteiger partial charge is 0.450 e. The molecule has 0 amide bonds. The van der Waals surface area contributed by atoms with Crippen molar-refractivity contribution in [2.45, 2.75) is 13.8 Å². The summed E-state index contributed by atoms with van der Waals surface area (Å²) in [5.74, 6) is -1.03. The van der Waals surface area contributed by atoms with Crippen LogP contribution >= 0.6 is 0 Å². The molecule has 0 fully saturated rings. The van der Waals surface area contributed by atoms with E-state index in [-0.39, 0.29) is 28.2 Å². The van der Waals surface area contributed by atoms with Crippen LogP contribution in [0.15, 0.2) is 19.7 Å². The Hall–Kier alpha value is -2.04. The maximum absolute atomic E-state index is 11.4. The molecule has 5 nitrogen and oxygen atoms in total. The Morgan fingerprint density at radius 3 is 2.75 bits per heavy atom. The molecule has 2 rings (SSSR count). The van der Waals surface area contributed by atoms with E-state index in [0.29, 0.717) is 0 Å². The molecule has 0 unspecified atom stereocenters. The first-order valence-corrected chi connectivity index (χ1v) is 4.76. The van der Waals surface area contributed by atoms with E-state index in [1.807, 2.05) is 0 Å². The van der Waals surface area contributed by atoms with Gasteiger partial charge in [-0.2, -0.15) is 0 Å². The van der Waals surface area contributed by atoms with Crippen molar-refractivity contribution in [2.24, 2.45) is 5.92 Å². The van der Waals surface area contributed by atoms with Crippen LogP contribution in [0.1, 0.15) is 13.8 Å². The van der Waals surface area contributed by atoms with E-state index in [1.165, 1.54) is 6.07 Å². The molecule has 2 bridgehead atoms. The molecule has 2 aromatic rings. The number of hydrogen-bond donors (Lipinski definition) is 0. The van der Waals surface area contributed by atoms with Crippen LogP contribution in [0, 0.1) is 5.92 Å². The first-order valence-electron chi connectivity index (χ1n) is 4.76. The highest BCUT2D eigenvalue weighted by Gasteiger charge is 2.17. The Morgan fingerprint density at radius 2 is 2.12 bits per heavy atom. The maximum atomic E-state index is 11.4. The van der Waals surface area contributed by atoms with Gasteiger partial charge in [-0.15, -0.1) is 0 Å². The fourth-order valence-corrected chi connectivity index (χ4v) is 1.17. The molecule has 5 heteroatoms. The van der Waals surface area contributed by atoms with Gasteiger partial charge in [0, 0.05) is 6.07 Å². The van der Waals surface area contributed by atoms with Gasteiger partial charge in [-0.1, -0.05) is 20.4 Å². The molecular weight excluding hydrogens is 212 g/mol. The van der Waals surface area contributed by atoms with Gasteiger partial charge in [0.25, 0.3) is 0 Å².